The zero-order valence-corrected chi connectivity index (χ0v) is 14.3. The third-order valence-corrected chi connectivity index (χ3v) is 7.51. The van der Waals surface area contributed by atoms with Gasteiger partial charge in [0.1, 0.15) is 0 Å². The summed E-state index contributed by atoms with van der Waals surface area (Å²) in [5, 5.41) is 0. The average Bonchev–Trinajstić information content (AvgIpc) is 2.69. The van der Waals surface area contributed by atoms with Crippen molar-refractivity contribution in [1.82, 2.24) is 4.31 Å². The minimum atomic E-state index is -3.38. The Morgan fingerprint density at radius 1 is 1.58 bits per heavy atom. The number of nitrogens with two attached hydrogens (primary N) is 1. The Labute approximate surface area is 127 Å². The predicted octanol–water partition coefficient (Wildman–Crippen LogP) is 2.42. The van der Waals surface area contributed by atoms with Gasteiger partial charge in [-0.25, -0.2) is 8.42 Å². The van der Waals surface area contributed by atoms with Crippen molar-refractivity contribution in [3.63, 3.8) is 0 Å². The maximum absolute atomic E-state index is 12.7. The standard InChI is InChI=1S/C12H19BrN2O2S2/c1-8-3-4-15(7-10(8)6-14)19(16,17)11-5-12(13)18-9(11)2/h5,8,10H,3-4,6-7,14H2,1-2H3. The van der Waals surface area contributed by atoms with Gasteiger partial charge < -0.3 is 5.73 Å². The lowest BCUT2D eigenvalue weighted by Crippen LogP contribution is -2.45. The maximum Gasteiger partial charge on any atom is 0.244 e. The molecule has 1 aromatic heterocycles. The summed E-state index contributed by atoms with van der Waals surface area (Å²) in [4.78, 5) is 1.25. The second-order valence-corrected chi connectivity index (χ2v) is 9.64. The molecule has 108 valence electrons. The molecule has 2 rings (SSSR count). The number of aryl methyl sites for hydroxylation is 1. The first-order valence-corrected chi connectivity index (χ1v) is 9.37. The summed E-state index contributed by atoms with van der Waals surface area (Å²) >= 11 is 4.80. The first kappa shape index (κ1) is 15.4. The number of nitrogens with zero attached hydrogens (tertiary/aromatic N) is 1. The molecule has 19 heavy (non-hydrogen) atoms. The zero-order valence-electron chi connectivity index (χ0n) is 11.1. The summed E-state index contributed by atoms with van der Waals surface area (Å²) in [5.41, 5.74) is 5.74. The van der Waals surface area contributed by atoms with Gasteiger partial charge in [0.2, 0.25) is 10.0 Å². The number of hydrogen-bond donors (Lipinski definition) is 1. The van der Waals surface area contributed by atoms with E-state index in [9.17, 15) is 8.42 Å². The first-order valence-electron chi connectivity index (χ1n) is 6.32. The van der Waals surface area contributed by atoms with Gasteiger partial charge in [-0.1, -0.05) is 6.92 Å². The van der Waals surface area contributed by atoms with E-state index in [2.05, 4.69) is 22.9 Å². The van der Waals surface area contributed by atoms with Crippen molar-refractivity contribution in [2.75, 3.05) is 19.6 Å². The molecule has 0 aliphatic carbocycles. The normalized spacial score (nSPS) is 25.7. The Morgan fingerprint density at radius 2 is 2.26 bits per heavy atom. The van der Waals surface area contributed by atoms with E-state index in [0.29, 0.717) is 30.4 Å². The van der Waals surface area contributed by atoms with Crippen LogP contribution in [0.2, 0.25) is 0 Å². The van der Waals surface area contributed by atoms with E-state index < -0.39 is 10.0 Å². The molecule has 7 heteroatoms. The fourth-order valence-corrected chi connectivity index (χ4v) is 6.36. The van der Waals surface area contributed by atoms with Gasteiger partial charge in [0.05, 0.1) is 8.68 Å². The molecule has 0 amide bonds. The van der Waals surface area contributed by atoms with Crippen LogP contribution in [0.15, 0.2) is 14.7 Å². The van der Waals surface area contributed by atoms with Gasteiger partial charge in [0.25, 0.3) is 0 Å². The van der Waals surface area contributed by atoms with Crippen LogP contribution in [0.1, 0.15) is 18.2 Å². The summed E-state index contributed by atoms with van der Waals surface area (Å²) in [6.07, 6.45) is 0.880. The molecular formula is C12H19BrN2O2S2. The molecule has 0 spiro atoms. The van der Waals surface area contributed by atoms with E-state index in [1.807, 2.05) is 6.92 Å². The molecule has 2 N–H and O–H groups in total. The summed E-state index contributed by atoms with van der Waals surface area (Å²) < 4.78 is 27.8. The van der Waals surface area contributed by atoms with E-state index in [-0.39, 0.29) is 5.92 Å². The van der Waals surface area contributed by atoms with Crippen LogP contribution >= 0.6 is 27.3 Å². The van der Waals surface area contributed by atoms with Crippen LogP contribution in [0, 0.1) is 18.8 Å². The monoisotopic (exact) mass is 366 g/mol. The van der Waals surface area contributed by atoms with Crippen LogP contribution in [0.5, 0.6) is 0 Å². The lowest BCUT2D eigenvalue weighted by atomic mass is 9.88. The van der Waals surface area contributed by atoms with Crippen molar-refractivity contribution in [3.05, 3.63) is 14.7 Å². The molecular weight excluding hydrogens is 348 g/mol. The number of piperidine rings is 1. The van der Waals surface area contributed by atoms with Gasteiger partial charge >= 0.3 is 0 Å². The Kier molecular flexibility index (Phi) is 4.72. The van der Waals surface area contributed by atoms with E-state index in [0.717, 1.165) is 15.1 Å². The summed E-state index contributed by atoms with van der Waals surface area (Å²) in [6, 6.07) is 1.70. The quantitative estimate of drug-likeness (QED) is 0.893. The van der Waals surface area contributed by atoms with Crippen LogP contribution in [0.4, 0.5) is 0 Å². The van der Waals surface area contributed by atoms with Crippen molar-refractivity contribution in [1.29, 1.82) is 0 Å². The van der Waals surface area contributed by atoms with E-state index in [1.54, 1.807) is 10.4 Å². The molecule has 1 aliphatic heterocycles. The molecule has 4 nitrogen and oxygen atoms in total. The molecule has 1 saturated heterocycles. The number of halogens is 1. The smallest absolute Gasteiger partial charge is 0.244 e. The van der Waals surface area contributed by atoms with Crippen molar-refractivity contribution in [3.8, 4) is 0 Å². The Balaban J connectivity index is 2.28. The third-order valence-electron chi connectivity index (χ3n) is 3.84. The minimum absolute atomic E-state index is 0.255. The molecule has 1 fully saturated rings. The number of sulfonamides is 1. The highest BCUT2D eigenvalue weighted by Crippen LogP contribution is 2.33. The summed E-state index contributed by atoms with van der Waals surface area (Å²) in [5.74, 6) is 0.748. The molecule has 1 aliphatic rings. The third kappa shape index (κ3) is 3.05. The van der Waals surface area contributed by atoms with Crippen LogP contribution in [-0.4, -0.2) is 32.4 Å². The van der Waals surface area contributed by atoms with Gasteiger partial charge in [-0.2, -0.15) is 4.31 Å². The van der Waals surface area contributed by atoms with Crippen LogP contribution < -0.4 is 5.73 Å². The Hall–Kier alpha value is 0.0500. The zero-order chi connectivity index (χ0) is 14.2. The first-order chi connectivity index (χ1) is 8.86. The highest BCUT2D eigenvalue weighted by Gasteiger charge is 2.34. The molecule has 2 unspecified atom stereocenters. The molecule has 1 aromatic rings. The van der Waals surface area contributed by atoms with Crippen molar-refractivity contribution in [2.45, 2.75) is 25.2 Å². The molecule has 2 atom stereocenters. The predicted molar refractivity (Wildman–Crippen MR) is 81.8 cm³/mol. The van der Waals surface area contributed by atoms with Gasteiger partial charge in [0, 0.05) is 18.0 Å². The molecule has 0 saturated carbocycles. The average molecular weight is 367 g/mol. The second-order valence-electron chi connectivity index (χ2n) is 5.10. The van der Waals surface area contributed by atoms with E-state index in [1.165, 1.54) is 11.3 Å². The number of rotatable bonds is 3. The Bertz CT molecular complexity index is 556. The highest BCUT2D eigenvalue weighted by atomic mass is 79.9. The maximum atomic E-state index is 12.7. The SMILES string of the molecule is Cc1sc(Br)cc1S(=O)(=O)N1CCC(C)C(CN)C1. The number of thiophene rings is 1. The van der Waals surface area contributed by atoms with Gasteiger partial charge in [-0.15, -0.1) is 11.3 Å². The lowest BCUT2D eigenvalue weighted by molar-refractivity contribution is 0.203. The minimum Gasteiger partial charge on any atom is -0.330 e. The van der Waals surface area contributed by atoms with Crippen molar-refractivity contribution < 1.29 is 8.42 Å². The van der Waals surface area contributed by atoms with Gasteiger partial charge in [0.15, 0.2) is 0 Å². The molecule has 0 radical (unpaired) electrons. The van der Waals surface area contributed by atoms with E-state index in [4.69, 9.17) is 5.73 Å². The second kappa shape index (κ2) is 5.81. The summed E-state index contributed by atoms with van der Waals surface area (Å²) in [6.45, 7) is 5.66. The fraction of sp³-hybridized carbons (Fsp3) is 0.667. The van der Waals surface area contributed by atoms with Crippen molar-refractivity contribution >= 4 is 37.3 Å². The lowest BCUT2D eigenvalue weighted by Gasteiger charge is -2.35. The summed E-state index contributed by atoms with van der Waals surface area (Å²) in [7, 11) is -3.38. The molecule has 0 bridgehead atoms. The van der Waals surface area contributed by atoms with Crippen molar-refractivity contribution in [2.24, 2.45) is 17.6 Å². The largest absolute Gasteiger partial charge is 0.330 e. The van der Waals surface area contributed by atoms with Crippen LogP contribution in [0.3, 0.4) is 0 Å². The molecule has 0 aromatic carbocycles. The molecule has 2 heterocycles. The fourth-order valence-electron chi connectivity index (χ4n) is 2.47. The van der Waals surface area contributed by atoms with Crippen LogP contribution in [-0.2, 0) is 10.0 Å². The van der Waals surface area contributed by atoms with E-state index >= 15 is 0 Å². The number of hydrogen-bond acceptors (Lipinski definition) is 4. The highest BCUT2D eigenvalue weighted by molar-refractivity contribution is 9.11. The van der Waals surface area contributed by atoms with Gasteiger partial charge in [-0.3, -0.25) is 0 Å². The van der Waals surface area contributed by atoms with Gasteiger partial charge in [-0.05, 0) is 53.7 Å². The topological polar surface area (TPSA) is 63.4 Å². The Morgan fingerprint density at radius 3 is 2.79 bits per heavy atom. The van der Waals surface area contributed by atoms with Crippen LogP contribution in [0.25, 0.3) is 0 Å².